The minimum Gasteiger partial charge on any atom is -0.508 e. The van der Waals surface area contributed by atoms with E-state index in [9.17, 15) is 5.11 Å². The lowest BCUT2D eigenvalue weighted by atomic mass is 9.85. The van der Waals surface area contributed by atoms with E-state index in [4.69, 9.17) is 10.3 Å². The van der Waals surface area contributed by atoms with E-state index in [0.29, 0.717) is 18.2 Å². The Labute approximate surface area is 111 Å². The van der Waals surface area contributed by atoms with Gasteiger partial charge in [0, 0.05) is 5.92 Å². The Hall–Kier alpha value is -1.88. The number of phenolic OH excluding ortho intramolecular Hbond substituents is 1. The van der Waals surface area contributed by atoms with Gasteiger partial charge in [-0.2, -0.15) is 4.98 Å². The molecule has 0 spiro atoms. The molecule has 1 aliphatic rings. The molecule has 0 radical (unpaired) electrons. The lowest BCUT2D eigenvalue weighted by Crippen LogP contribution is -2.15. The highest BCUT2D eigenvalue weighted by molar-refractivity contribution is 5.26. The van der Waals surface area contributed by atoms with Crippen LogP contribution in [0.1, 0.15) is 48.5 Å². The number of phenols is 1. The predicted octanol–water partition coefficient (Wildman–Crippen LogP) is 2.29. The molecule has 0 aliphatic heterocycles. The van der Waals surface area contributed by atoms with Gasteiger partial charge in [0.25, 0.3) is 0 Å². The van der Waals surface area contributed by atoms with Gasteiger partial charge in [-0.25, -0.2) is 0 Å². The number of nitrogens with zero attached hydrogens (tertiary/aromatic N) is 2. The van der Waals surface area contributed by atoms with Crippen molar-refractivity contribution in [1.29, 1.82) is 0 Å². The summed E-state index contributed by atoms with van der Waals surface area (Å²) in [5.41, 5.74) is 7.12. The van der Waals surface area contributed by atoms with E-state index in [1.165, 1.54) is 6.42 Å². The highest BCUT2D eigenvalue weighted by atomic mass is 16.5. The van der Waals surface area contributed by atoms with Crippen molar-refractivity contribution in [2.24, 2.45) is 5.73 Å². The van der Waals surface area contributed by atoms with E-state index in [0.717, 1.165) is 24.2 Å². The molecular formula is C14H17N3O2. The Morgan fingerprint density at radius 3 is 2.68 bits per heavy atom. The van der Waals surface area contributed by atoms with E-state index in [2.05, 4.69) is 10.1 Å². The standard InChI is InChI=1S/C14H17N3O2/c15-12(8-9-4-6-11(18)7-5-9)14-16-13(17-19-14)10-2-1-3-10/h4-7,10,12,18H,1-3,8,15H2/t12-/m0/s1. The maximum atomic E-state index is 9.23. The molecule has 5 heteroatoms. The minimum atomic E-state index is -0.300. The summed E-state index contributed by atoms with van der Waals surface area (Å²) in [6, 6.07) is 6.69. The highest BCUT2D eigenvalue weighted by Crippen LogP contribution is 2.34. The zero-order valence-electron chi connectivity index (χ0n) is 10.6. The van der Waals surface area contributed by atoms with Crippen molar-refractivity contribution < 1.29 is 9.63 Å². The van der Waals surface area contributed by atoms with Crippen molar-refractivity contribution in [3.05, 3.63) is 41.5 Å². The van der Waals surface area contributed by atoms with Gasteiger partial charge in [0.15, 0.2) is 5.82 Å². The first-order valence-corrected chi connectivity index (χ1v) is 6.59. The Bertz CT molecular complexity index is 546. The number of nitrogens with two attached hydrogens (primary N) is 1. The Balaban J connectivity index is 1.67. The van der Waals surface area contributed by atoms with Crippen LogP contribution in [0.2, 0.25) is 0 Å². The van der Waals surface area contributed by atoms with Gasteiger partial charge in [-0.3, -0.25) is 0 Å². The van der Waals surface area contributed by atoms with Crippen LogP contribution in [0.15, 0.2) is 28.8 Å². The Kier molecular flexibility index (Phi) is 3.21. The van der Waals surface area contributed by atoms with Gasteiger partial charge in [-0.15, -0.1) is 0 Å². The third-order valence-electron chi connectivity index (χ3n) is 3.64. The average Bonchev–Trinajstić information content (AvgIpc) is 2.79. The van der Waals surface area contributed by atoms with E-state index in [1.807, 2.05) is 12.1 Å². The van der Waals surface area contributed by atoms with Gasteiger partial charge in [-0.1, -0.05) is 23.7 Å². The second-order valence-electron chi connectivity index (χ2n) is 5.10. The molecule has 0 bridgehead atoms. The second kappa shape index (κ2) is 5.01. The summed E-state index contributed by atoms with van der Waals surface area (Å²) in [4.78, 5) is 4.39. The molecule has 3 rings (SSSR count). The third kappa shape index (κ3) is 2.61. The van der Waals surface area contributed by atoms with Gasteiger partial charge < -0.3 is 15.4 Å². The molecule has 19 heavy (non-hydrogen) atoms. The van der Waals surface area contributed by atoms with Crippen molar-refractivity contribution in [3.63, 3.8) is 0 Å². The molecule has 0 amide bonds. The predicted molar refractivity (Wildman–Crippen MR) is 69.6 cm³/mol. The summed E-state index contributed by atoms with van der Waals surface area (Å²) < 4.78 is 5.24. The number of hydrogen-bond acceptors (Lipinski definition) is 5. The molecule has 100 valence electrons. The number of hydrogen-bond donors (Lipinski definition) is 2. The van der Waals surface area contributed by atoms with Crippen LogP contribution in [0, 0.1) is 0 Å². The van der Waals surface area contributed by atoms with Crippen LogP contribution in [-0.4, -0.2) is 15.2 Å². The van der Waals surface area contributed by atoms with Crippen molar-refractivity contribution >= 4 is 0 Å². The van der Waals surface area contributed by atoms with Crippen molar-refractivity contribution in [3.8, 4) is 5.75 Å². The smallest absolute Gasteiger partial charge is 0.243 e. The van der Waals surface area contributed by atoms with Gasteiger partial charge in [0.2, 0.25) is 5.89 Å². The summed E-state index contributed by atoms with van der Waals surface area (Å²) in [5, 5.41) is 13.2. The van der Waals surface area contributed by atoms with Gasteiger partial charge in [0.05, 0.1) is 6.04 Å². The molecule has 1 aromatic heterocycles. The Morgan fingerprint density at radius 1 is 1.32 bits per heavy atom. The lowest BCUT2D eigenvalue weighted by Gasteiger charge is -2.21. The summed E-state index contributed by atoms with van der Waals surface area (Å²) in [6.45, 7) is 0. The van der Waals surface area contributed by atoms with E-state index in [1.54, 1.807) is 12.1 Å². The maximum Gasteiger partial charge on any atom is 0.243 e. The SMILES string of the molecule is N[C@@H](Cc1ccc(O)cc1)c1nc(C2CCC2)no1. The first kappa shape index (κ1) is 12.2. The zero-order chi connectivity index (χ0) is 13.2. The van der Waals surface area contributed by atoms with Crippen LogP contribution in [0.25, 0.3) is 0 Å². The minimum absolute atomic E-state index is 0.252. The van der Waals surface area contributed by atoms with Crippen molar-refractivity contribution in [2.45, 2.75) is 37.6 Å². The summed E-state index contributed by atoms with van der Waals surface area (Å²) >= 11 is 0. The van der Waals surface area contributed by atoms with Gasteiger partial charge >= 0.3 is 0 Å². The average molecular weight is 259 g/mol. The molecule has 5 nitrogen and oxygen atoms in total. The van der Waals surface area contributed by atoms with Gasteiger partial charge in [-0.05, 0) is 37.0 Å². The monoisotopic (exact) mass is 259 g/mol. The number of benzene rings is 1. The first-order chi connectivity index (χ1) is 9.22. The second-order valence-corrected chi connectivity index (χ2v) is 5.10. The molecule has 0 saturated heterocycles. The number of aromatic hydroxyl groups is 1. The topological polar surface area (TPSA) is 85.2 Å². The van der Waals surface area contributed by atoms with Crippen LogP contribution in [0.4, 0.5) is 0 Å². The normalized spacial score (nSPS) is 17.1. The summed E-state index contributed by atoms with van der Waals surface area (Å²) in [6.07, 6.45) is 4.15. The maximum absolute atomic E-state index is 9.23. The highest BCUT2D eigenvalue weighted by Gasteiger charge is 2.26. The van der Waals surface area contributed by atoms with Crippen molar-refractivity contribution in [1.82, 2.24) is 10.1 Å². The first-order valence-electron chi connectivity index (χ1n) is 6.59. The Morgan fingerprint density at radius 2 is 2.05 bits per heavy atom. The molecule has 2 aromatic rings. The van der Waals surface area contributed by atoms with Crippen LogP contribution in [-0.2, 0) is 6.42 Å². The largest absolute Gasteiger partial charge is 0.508 e. The fraction of sp³-hybridized carbons (Fsp3) is 0.429. The van der Waals surface area contributed by atoms with E-state index < -0.39 is 0 Å². The quantitative estimate of drug-likeness (QED) is 0.879. The molecular weight excluding hydrogens is 242 g/mol. The molecule has 1 aromatic carbocycles. The van der Waals surface area contributed by atoms with Crippen LogP contribution in [0.5, 0.6) is 5.75 Å². The fourth-order valence-electron chi connectivity index (χ4n) is 2.20. The molecule has 1 heterocycles. The summed E-state index contributed by atoms with van der Waals surface area (Å²) in [5.74, 6) is 2.00. The number of aromatic nitrogens is 2. The molecule has 0 unspecified atom stereocenters. The summed E-state index contributed by atoms with van der Waals surface area (Å²) in [7, 11) is 0. The number of rotatable bonds is 4. The molecule has 1 aliphatic carbocycles. The van der Waals surface area contributed by atoms with Crippen LogP contribution < -0.4 is 5.73 Å². The van der Waals surface area contributed by atoms with Crippen molar-refractivity contribution in [2.75, 3.05) is 0 Å². The lowest BCUT2D eigenvalue weighted by molar-refractivity contribution is 0.334. The third-order valence-corrected chi connectivity index (χ3v) is 3.64. The molecule has 1 saturated carbocycles. The molecule has 1 atom stereocenters. The van der Waals surface area contributed by atoms with E-state index in [-0.39, 0.29) is 11.8 Å². The van der Waals surface area contributed by atoms with Crippen LogP contribution >= 0.6 is 0 Å². The fourth-order valence-corrected chi connectivity index (χ4v) is 2.20. The molecule has 3 N–H and O–H groups in total. The van der Waals surface area contributed by atoms with Gasteiger partial charge in [0.1, 0.15) is 5.75 Å². The zero-order valence-corrected chi connectivity index (χ0v) is 10.6. The van der Waals surface area contributed by atoms with Crippen LogP contribution in [0.3, 0.4) is 0 Å². The molecule has 1 fully saturated rings. The van der Waals surface area contributed by atoms with E-state index >= 15 is 0 Å².